The lowest BCUT2D eigenvalue weighted by Gasteiger charge is -2.24. The standard InChI is InChI=1S/C30H33N5O2S2/c1-30(2,19-31)24-9-5-8-23(17-24)27(36)33-25(12-15-38-3)28(37)35-29-34-26(18-39-29)22-7-4-6-21(16-22)20-10-13-32-14-11-20/h4-11,13-14,16-18,25H,12,15,19,31H2,1-3H3,(H,33,36)(H,34,35,37). The second kappa shape index (κ2) is 13.0. The second-order valence-corrected chi connectivity index (χ2v) is 11.7. The highest BCUT2D eigenvalue weighted by Gasteiger charge is 2.24. The van der Waals surface area contributed by atoms with E-state index in [-0.39, 0.29) is 17.2 Å². The molecule has 0 aliphatic carbocycles. The molecule has 4 rings (SSSR count). The summed E-state index contributed by atoms with van der Waals surface area (Å²) in [4.78, 5) is 35.1. The molecule has 9 heteroatoms. The van der Waals surface area contributed by atoms with Crippen LogP contribution in [0.15, 0.2) is 78.4 Å². The summed E-state index contributed by atoms with van der Waals surface area (Å²) in [6, 6.07) is 18.7. The fourth-order valence-corrected chi connectivity index (χ4v) is 5.20. The van der Waals surface area contributed by atoms with Crippen LogP contribution in [0.4, 0.5) is 5.13 Å². The van der Waals surface area contributed by atoms with E-state index in [4.69, 9.17) is 5.73 Å². The SMILES string of the molecule is CSCCC(NC(=O)c1cccc(C(C)(C)CN)c1)C(=O)Nc1nc(-c2cccc(-c3ccncc3)c2)cs1. The largest absolute Gasteiger partial charge is 0.340 e. The number of hydrogen-bond acceptors (Lipinski definition) is 7. The van der Waals surface area contributed by atoms with Gasteiger partial charge in [-0.15, -0.1) is 11.3 Å². The number of aromatic nitrogens is 2. The van der Waals surface area contributed by atoms with E-state index in [1.165, 1.54) is 11.3 Å². The number of hydrogen-bond donors (Lipinski definition) is 3. The van der Waals surface area contributed by atoms with Crippen molar-refractivity contribution in [2.45, 2.75) is 31.7 Å². The summed E-state index contributed by atoms with van der Waals surface area (Å²) in [5, 5.41) is 8.24. The average Bonchev–Trinajstić information content (AvgIpc) is 3.44. The zero-order valence-electron chi connectivity index (χ0n) is 22.3. The molecule has 0 spiro atoms. The fraction of sp³-hybridized carbons (Fsp3) is 0.267. The maximum atomic E-state index is 13.3. The summed E-state index contributed by atoms with van der Waals surface area (Å²) in [6.07, 6.45) is 6.01. The molecule has 0 fully saturated rings. The maximum absolute atomic E-state index is 13.3. The highest BCUT2D eigenvalue weighted by Crippen LogP contribution is 2.29. The van der Waals surface area contributed by atoms with E-state index in [9.17, 15) is 9.59 Å². The Labute approximate surface area is 237 Å². The Morgan fingerprint density at radius 1 is 1.03 bits per heavy atom. The van der Waals surface area contributed by atoms with Crippen molar-refractivity contribution >= 4 is 40.0 Å². The average molecular weight is 560 g/mol. The van der Waals surface area contributed by atoms with Crippen molar-refractivity contribution in [2.75, 3.05) is 23.9 Å². The number of thiazole rings is 1. The smallest absolute Gasteiger partial charge is 0.251 e. The Morgan fingerprint density at radius 2 is 1.77 bits per heavy atom. The lowest BCUT2D eigenvalue weighted by Crippen LogP contribution is -2.44. The van der Waals surface area contributed by atoms with Crippen LogP contribution in [0.2, 0.25) is 0 Å². The lowest BCUT2D eigenvalue weighted by atomic mass is 9.84. The molecule has 202 valence electrons. The summed E-state index contributed by atoms with van der Waals surface area (Å²) >= 11 is 2.98. The van der Waals surface area contributed by atoms with Crippen LogP contribution >= 0.6 is 23.1 Å². The van der Waals surface area contributed by atoms with Gasteiger partial charge in [-0.1, -0.05) is 44.2 Å². The fourth-order valence-electron chi connectivity index (χ4n) is 4.00. The summed E-state index contributed by atoms with van der Waals surface area (Å²) in [6.45, 7) is 4.54. The predicted molar refractivity (Wildman–Crippen MR) is 162 cm³/mol. The van der Waals surface area contributed by atoms with Gasteiger partial charge in [-0.25, -0.2) is 4.98 Å². The molecule has 0 saturated heterocycles. The van der Waals surface area contributed by atoms with E-state index in [2.05, 4.69) is 26.7 Å². The minimum absolute atomic E-state index is 0.258. The summed E-state index contributed by atoms with van der Waals surface area (Å²) in [5.74, 6) is 0.143. The van der Waals surface area contributed by atoms with E-state index in [0.717, 1.165) is 33.7 Å². The molecule has 2 heterocycles. The molecule has 0 aliphatic heterocycles. The Hall–Kier alpha value is -3.53. The molecule has 0 bridgehead atoms. The van der Waals surface area contributed by atoms with Crippen LogP contribution in [0.3, 0.4) is 0 Å². The molecular formula is C30H33N5O2S2. The van der Waals surface area contributed by atoms with Gasteiger partial charge in [-0.2, -0.15) is 11.8 Å². The zero-order valence-corrected chi connectivity index (χ0v) is 23.9. The molecule has 7 nitrogen and oxygen atoms in total. The van der Waals surface area contributed by atoms with Gasteiger partial charge in [-0.3, -0.25) is 14.6 Å². The van der Waals surface area contributed by atoms with E-state index in [1.54, 1.807) is 30.2 Å². The Morgan fingerprint density at radius 3 is 2.51 bits per heavy atom. The summed E-state index contributed by atoms with van der Waals surface area (Å²) < 4.78 is 0. The molecule has 2 amide bonds. The number of carbonyl (C=O) groups is 2. The zero-order chi connectivity index (χ0) is 27.8. The molecule has 1 atom stereocenters. The van der Waals surface area contributed by atoms with Gasteiger partial charge in [0.05, 0.1) is 5.69 Å². The van der Waals surface area contributed by atoms with Crippen molar-refractivity contribution in [1.82, 2.24) is 15.3 Å². The highest BCUT2D eigenvalue weighted by molar-refractivity contribution is 7.98. The monoisotopic (exact) mass is 559 g/mol. The third kappa shape index (κ3) is 7.32. The van der Waals surface area contributed by atoms with Crippen molar-refractivity contribution in [2.24, 2.45) is 5.73 Å². The first-order chi connectivity index (χ1) is 18.8. The minimum atomic E-state index is -0.696. The number of thioether (sulfide) groups is 1. The first-order valence-corrected chi connectivity index (χ1v) is 15.0. The first-order valence-electron chi connectivity index (χ1n) is 12.7. The van der Waals surface area contributed by atoms with Crippen LogP contribution in [0.1, 0.15) is 36.2 Å². The van der Waals surface area contributed by atoms with Crippen molar-refractivity contribution in [1.29, 1.82) is 0 Å². The van der Waals surface area contributed by atoms with Crippen LogP contribution in [-0.4, -0.2) is 46.4 Å². The normalized spacial score (nSPS) is 12.1. The lowest BCUT2D eigenvalue weighted by molar-refractivity contribution is -0.118. The van der Waals surface area contributed by atoms with Crippen LogP contribution < -0.4 is 16.4 Å². The van der Waals surface area contributed by atoms with Gasteiger partial charge in [0.25, 0.3) is 5.91 Å². The number of amides is 2. The molecule has 0 saturated carbocycles. The molecule has 0 radical (unpaired) electrons. The van der Waals surface area contributed by atoms with Crippen LogP contribution in [0, 0.1) is 0 Å². The topological polar surface area (TPSA) is 110 Å². The summed E-state index contributed by atoms with van der Waals surface area (Å²) in [5.41, 5.74) is 11.0. The molecule has 4 N–H and O–H groups in total. The van der Waals surface area contributed by atoms with Gasteiger partial charge >= 0.3 is 0 Å². The third-order valence-electron chi connectivity index (χ3n) is 6.56. The number of nitrogens with zero attached hydrogens (tertiary/aromatic N) is 2. The molecule has 4 aromatic rings. The van der Waals surface area contributed by atoms with Crippen LogP contribution in [0.25, 0.3) is 22.4 Å². The van der Waals surface area contributed by atoms with Crippen molar-refractivity contribution in [3.8, 4) is 22.4 Å². The number of anilines is 1. The number of benzene rings is 2. The Balaban J connectivity index is 1.47. The van der Waals surface area contributed by atoms with E-state index < -0.39 is 6.04 Å². The number of pyridine rings is 1. The second-order valence-electron chi connectivity index (χ2n) is 9.82. The van der Waals surface area contributed by atoms with Crippen molar-refractivity contribution in [3.63, 3.8) is 0 Å². The Bertz CT molecular complexity index is 1420. The van der Waals surface area contributed by atoms with E-state index in [0.29, 0.717) is 23.7 Å². The van der Waals surface area contributed by atoms with Gasteiger partial charge in [0.1, 0.15) is 6.04 Å². The van der Waals surface area contributed by atoms with Crippen molar-refractivity contribution in [3.05, 3.63) is 89.6 Å². The number of nitrogens with one attached hydrogen (secondary N) is 2. The van der Waals surface area contributed by atoms with E-state index in [1.807, 2.05) is 74.0 Å². The van der Waals surface area contributed by atoms with Crippen LogP contribution in [0.5, 0.6) is 0 Å². The van der Waals surface area contributed by atoms with Gasteiger partial charge in [0.2, 0.25) is 5.91 Å². The van der Waals surface area contributed by atoms with Gasteiger partial charge < -0.3 is 16.4 Å². The number of rotatable bonds is 11. The van der Waals surface area contributed by atoms with Gasteiger partial charge in [-0.05, 0) is 65.5 Å². The maximum Gasteiger partial charge on any atom is 0.251 e. The van der Waals surface area contributed by atoms with Gasteiger partial charge in [0, 0.05) is 40.9 Å². The molecule has 0 aliphatic rings. The number of nitrogens with two attached hydrogens (primary N) is 1. The molecule has 39 heavy (non-hydrogen) atoms. The predicted octanol–water partition coefficient (Wildman–Crippen LogP) is 5.60. The number of carbonyl (C=O) groups excluding carboxylic acids is 2. The Kier molecular flexibility index (Phi) is 9.50. The quantitative estimate of drug-likeness (QED) is 0.221. The molecule has 1 unspecified atom stereocenters. The minimum Gasteiger partial charge on any atom is -0.340 e. The highest BCUT2D eigenvalue weighted by atomic mass is 32.2. The molecule has 2 aromatic carbocycles. The molecule has 2 aromatic heterocycles. The molecular weight excluding hydrogens is 526 g/mol. The van der Waals surface area contributed by atoms with Gasteiger partial charge in [0.15, 0.2) is 5.13 Å². The third-order valence-corrected chi connectivity index (χ3v) is 7.96. The van der Waals surface area contributed by atoms with E-state index >= 15 is 0 Å². The van der Waals surface area contributed by atoms with Crippen molar-refractivity contribution < 1.29 is 9.59 Å². The van der Waals surface area contributed by atoms with Crippen LogP contribution in [-0.2, 0) is 10.2 Å². The first kappa shape index (κ1) is 28.5. The summed E-state index contributed by atoms with van der Waals surface area (Å²) in [7, 11) is 0.